The van der Waals surface area contributed by atoms with E-state index in [2.05, 4.69) is 4.98 Å². The molecule has 0 unspecified atom stereocenters. The molecule has 0 spiro atoms. The highest BCUT2D eigenvalue weighted by Gasteiger charge is 2.39. The molecule has 1 fully saturated rings. The summed E-state index contributed by atoms with van der Waals surface area (Å²) >= 11 is 0. The highest BCUT2D eigenvalue weighted by Crippen LogP contribution is 2.25. The van der Waals surface area contributed by atoms with Gasteiger partial charge in [0, 0.05) is 24.7 Å². The van der Waals surface area contributed by atoms with Crippen LogP contribution >= 0.6 is 0 Å². The first-order valence-electron chi connectivity index (χ1n) is 8.24. The number of carbonyl (C=O) groups is 2. The molecule has 6 heteroatoms. The van der Waals surface area contributed by atoms with Crippen LogP contribution in [-0.2, 0) is 4.79 Å². The Kier molecular flexibility index (Phi) is 4.97. The van der Waals surface area contributed by atoms with Crippen LogP contribution in [0.15, 0.2) is 48.5 Å². The number of hydrogen-bond acceptors (Lipinski definition) is 4. The summed E-state index contributed by atoms with van der Waals surface area (Å²) in [7, 11) is 0. The number of ether oxygens (including phenoxy) is 1. The summed E-state index contributed by atoms with van der Waals surface area (Å²) in [5.74, 6) is -0.411. The van der Waals surface area contributed by atoms with Gasteiger partial charge in [0.15, 0.2) is 0 Å². The first kappa shape index (κ1) is 17.0. The highest BCUT2D eigenvalue weighted by molar-refractivity contribution is 5.93. The predicted molar refractivity (Wildman–Crippen MR) is 93.0 cm³/mol. The second-order valence-corrected chi connectivity index (χ2v) is 6.27. The van der Waals surface area contributed by atoms with Crippen LogP contribution in [0.1, 0.15) is 16.2 Å². The van der Waals surface area contributed by atoms with Crippen molar-refractivity contribution in [2.45, 2.75) is 6.92 Å². The van der Waals surface area contributed by atoms with Gasteiger partial charge in [0.1, 0.15) is 11.4 Å². The van der Waals surface area contributed by atoms with Gasteiger partial charge >= 0.3 is 0 Å². The van der Waals surface area contributed by atoms with E-state index in [-0.39, 0.29) is 11.8 Å². The van der Waals surface area contributed by atoms with Crippen LogP contribution in [0.2, 0.25) is 0 Å². The van der Waals surface area contributed by atoms with Crippen molar-refractivity contribution in [3.63, 3.8) is 0 Å². The number of amides is 2. The lowest BCUT2D eigenvalue weighted by molar-refractivity contribution is -0.122. The summed E-state index contributed by atoms with van der Waals surface area (Å²) in [6.07, 6.45) is 0. The zero-order valence-corrected chi connectivity index (χ0v) is 14.1. The quantitative estimate of drug-likeness (QED) is 0.897. The molecule has 25 heavy (non-hydrogen) atoms. The van der Waals surface area contributed by atoms with Gasteiger partial charge in [0.25, 0.3) is 5.91 Å². The summed E-state index contributed by atoms with van der Waals surface area (Å²) in [6.45, 7) is 2.90. The summed E-state index contributed by atoms with van der Waals surface area (Å²) in [4.78, 5) is 30.4. The largest absolute Gasteiger partial charge is 0.493 e. The SMILES string of the molecule is Cc1cccc(C(=O)N2C[C@@H](COc3ccccc3)[C@H](C(N)=O)C2)n1. The molecule has 0 bridgehead atoms. The van der Waals surface area contributed by atoms with Crippen molar-refractivity contribution >= 4 is 11.8 Å². The number of aromatic nitrogens is 1. The van der Waals surface area contributed by atoms with Gasteiger partial charge in [-0.25, -0.2) is 4.98 Å². The van der Waals surface area contributed by atoms with Crippen molar-refractivity contribution in [3.8, 4) is 5.75 Å². The number of pyridine rings is 1. The molecule has 0 aliphatic carbocycles. The molecule has 2 heterocycles. The van der Waals surface area contributed by atoms with Gasteiger partial charge in [-0.05, 0) is 31.2 Å². The van der Waals surface area contributed by atoms with E-state index >= 15 is 0 Å². The molecule has 0 radical (unpaired) electrons. The number of hydrogen-bond donors (Lipinski definition) is 1. The van der Waals surface area contributed by atoms with Gasteiger partial charge < -0.3 is 15.4 Å². The number of primary amides is 1. The van der Waals surface area contributed by atoms with Gasteiger partial charge in [-0.2, -0.15) is 0 Å². The third-order valence-electron chi connectivity index (χ3n) is 4.41. The van der Waals surface area contributed by atoms with E-state index in [1.54, 1.807) is 17.0 Å². The maximum atomic E-state index is 12.7. The molecule has 1 aromatic carbocycles. The predicted octanol–water partition coefficient (Wildman–Crippen LogP) is 1.64. The van der Waals surface area contributed by atoms with Gasteiger partial charge in [-0.15, -0.1) is 0 Å². The Morgan fingerprint density at radius 1 is 1.16 bits per heavy atom. The average Bonchev–Trinajstić information content (AvgIpc) is 3.05. The normalized spacial score (nSPS) is 19.6. The molecule has 130 valence electrons. The Morgan fingerprint density at radius 3 is 2.60 bits per heavy atom. The second kappa shape index (κ2) is 7.34. The van der Waals surface area contributed by atoms with E-state index in [1.165, 1.54) is 0 Å². The van der Waals surface area contributed by atoms with E-state index < -0.39 is 11.8 Å². The Balaban J connectivity index is 1.69. The van der Waals surface area contributed by atoms with Crippen molar-refractivity contribution in [3.05, 3.63) is 59.9 Å². The molecule has 1 aliphatic rings. The number of nitrogens with two attached hydrogens (primary N) is 1. The third-order valence-corrected chi connectivity index (χ3v) is 4.41. The van der Waals surface area contributed by atoms with E-state index in [4.69, 9.17) is 10.5 Å². The van der Waals surface area contributed by atoms with Crippen molar-refractivity contribution in [1.29, 1.82) is 0 Å². The van der Waals surface area contributed by atoms with Crippen LogP contribution < -0.4 is 10.5 Å². The zero-order valence-electron chi connectivity index (χ0n) is 14.1. The van der Waals surface area contributed by atoms with Crippen molar-refractivity contribution in [1.82, 2.24) is 9.88 Å². The minimum atomic E-state index is -0.419. The van der Waals surface area contributed by atoms with E-state index in [9.17, 15) is 9.59 Å². The molecule has 1 aliphatic heterocycles. The lowest BCUT2D eigenvalue weighted by Crippen LogP contribution is -2.33. The van der Waals surface area contributed by atoms with Crippen LogP contribution in [0.25, 0.3) is 0 Å². The molecule has 1 saturated heterocycles. The third kappa shape index (κ3) is 3.96. The first-order chi connectivity index (χ1) is 12.0. The van der Waals surface area contributed by atoms with Crippen LogP contribution in [0, 0.1) is 18.8 Å². The van der Waals surface area contributed by atoms with Crippen LogP contribution in [0.3, 0.4) is 0 Å². The number of para-hydroxylation sites is 1. The Labute approximate surface area is 146 Å². The fourth-order valence-corrected chi connectivity index (χ4v) is 3.07. The lowest BCUT2D eigenvalue weighted by atomic mass is 9.96. The number of rotatable bonds is 5. The monoisotopic (exact) mass is 339 g/mol. The van der Waals surface area contributed by atoms with E-state index in [0.29, 0.717) is 25.4 Å². The summed E-state index contributed by atoms with van der Waals surface area (Å²) < 4.78 is 5.76. The number of likely N-dealkylation sites (tertiary alicyclic amines) is 1. The van der Waals surface area contributed by atoms with E-state index in [0.717, 1.165) is 11.4 Å². The molecular weight excluding hydrogens is 318 g/mol. The number of carbonyl (C=O) groups excluding carboxylic acids is 2. The summed E-state index contributed by atoms with van der Waals surface area (Å²) in [5, 5.41) is 0. The molecule has 2 N–H and O–H groups in total. The average molecular weight is 339 g/mol. The highest BCUT2D eigenvalue weighted by atomic mass is 16.5. The molecule has 6 nitrogen and oxygen atoms in total. The first-order valence-corrected chi connectivity index (χ1v) is 8.24. The molecule has 2 aromatic rings. The second-order valence-electron chi connectivity index (χ2n) is 6.27. The van der Waals surface area contributed by atoms with Gasteiger partial charge in [0.05, 0.1) is 12.5 Å². The molecule has 1 aromatic heterocycles. The van der Waals surface area contributed by atoms with Crippen LogP contribution in [0.4, 0.5) is 0 Å². The Bertz CT molecular complexity index is 764. The number of aryl methyl sites for hydroxylation is 1. The van der Waals surface area contributed by atoms with Crippen molar-refractivity contribution in [2.75, 3.05) is 19.7 Å². The van der Waals surface area contributed by atoms with Gasteiger partial charge in [0.2, 0.25) is 5.91 Å². The molecule has 3 rings (SSSR count). The van der Waals surface area contributed by atoms with E-state index in [1.807, 2.05) is 43.3 Å². The zero-order chi connectivity index (χ0) is 17.8. The number of benzene rings is 1. The van der Waals surface area contributed by atoms with Crippen LogP contribution in [-0.4, -0.2) is 41.4 Å². The minimum absolute atomic E-state index is 0.133. The molecular formula is C19H21N3O3. The Morgan fingerprint density at radius 2 is 1.92 bits per heavy atom. The summed E-state index contributed by atoms with van der Waals surface area (Å²) in [6, 6.07) is 14.7. The fraction of sp³-hybridized carbons (Fsp3) is 0.316. The minimum Gasteiger partial charge on any atom is -0.493 e. The molecule has 2 atom stereocenters. The maximum absolute atomic E-state index is 12.7. The summed E-state index contributed by atoms with van der Waals surface area (Å²) in [5.41, 5.74) is 6.69. The lowest BCUT2D eigenvalue weighted by Gasteiger charge is -2.16. The Hall–Kier alpha value is -2.89. The molecule has 0 saturated carbocycles. The van der Waals surface area contributed by atoms with Gasteiger partial charge in [-0.3, -0.25) is 9.59 Å². The van der Waals surface area contributed by atoms with Gasteiger partial charge in [-0.1, -0.05) is 24.3 Å². The van der Waals surface area contributed by atoms with Crippen molar-refractivity contribution in [2.24, 2.45) is 17.6 Å². The number of nitrogens with zero attached hydrogens (tertiary/aromatic N) is 2. The standard InChI is InChI=1S/C19H21N3O3/c1-13-6-5-9-17(21-13)19(24)22-10-14(16(11-22)18(20)23)12-25-15-7-3-2-4-8-15/h2-9,14,16H,10-12H2,1H3,(H2,20,23)/t14-,16+/m0/s1. The fourth-order valence-electron chi connectivity index (χ4n) is 3.07. The van der Waals surface area contributed by atoms with Crippen LogP contribution in [0.5, 0.6) is 5.75 Å². The maximum Gasteiger partial charge on any atom is 0.272 e. The topological polar surface area (TPSA) is 85.5 Å². The smallest absolute Gasteiger partial charge is 0.272 e. The van der Waals surface area contributed by atoms with Crippen molar-refractivity contribution < 1.29 is 14.3 Å². The molecule has 2 amide bonds.